The maximum atomic E-state index is 5.49. The van der Waals surface area contributed by atoms with Gasteiger partial charge in [0.1, 0.15) is 0 Å². The van der Waals surface area contributed by atoms with Crippen LogP contribution >= 0.6 is 45.2 Å². The molecule has 0 heterocycles. The van der Waals surface area contributed by atoms with Gasteiger partial charge < -0.3 is 9.47 Å². The van der Waals surface area contributed by atoms with E-state index in [4.69, 9.17) is 9.47 Å². The molecule has 0 spiro atoms. The second-order valence-electron chi connectivity index (χ2n) is 2.58. The van der Waals surface area contributed by atoms with Gasteiger partial charge in [0.2, 0.25) is 0 Å². The van der Waals surface area contributed by atoms with Crippen LogP contribution in [0.25, 0.3) is 0 Å². The summed E-state index contributed by atoms with van der Waals surface area (Å²) in [5.74, 6) is 1.67. The largest absolute Gasteiger partial charge is 0.490 e. The van der Waals surface area contributed by atoms with Crippen molar-refractivity contribution in [1.82, 2.24) is 0 Å². The molecule has 1 rings (SSSR count). The van der Waals surface area contributed by atoms with Crippen LogP contribution in [0, 0.1) is 7.14 Å². The third-order valence-electron chi connectivity index (χ3n) is 1.59. The molecule has 0 aromatic heterocycles. The molecule has 0 fully saturated rings. The molecule has 14 heavy (non-hydrogen) atoms. The van der Waals surface area contributed by atoms with E-state index in [0.29, 0.717) is 13.2 Å². The summed E-state index contributed by atoms with van der Waals surface area (Å²) in [6.45, 7) is 5.27. The molecule has 0 radical (unpaired) electrons. The van der Waals surface area contributed by atoms with Crippen molar-refractivity contribution < 1.29 is 9.47 Å². The van der Waals surface area contributed by atoms with Gasteiger partial charge in [-0.25, -0.2) is 0 Å². The minimum atomic E-state index is 0.663. The zero-order chi connectivity index (χ0) is 10.6. The molecule has 2 nitrogen and oxygen atoms in total. The number of benzene rings is 1. The molecule has 0 atom stereocenters. The minimum absolute atomic E-state index is 0.663. The summed E-state index contributed by atoms with van der Waals surface area (Å²) in [6, 6.07) is 4.02. The van der Waals surface area contributed by atoms with E-state index in [-0.39, 0.29) is 0 Å². The van der Waals surface area contributed by atoms with Gasteiger partial charge in [-0.1, -0.05) is 0 Å². The lowest BCUT2D eigenvalue weighted by Gasteiger charge is -2.11. The minimum Gasteiger partial charge on any atom is -0.490 e. The Morgan fingerprint density at radius 2 is 1.29 bits per heavy atom. The van der Waals surface area contributed by atoms with Crippen molar-refractivity contribution in [2.75, 3.05) is 13.2 Å². The van der Waals surface area contributed by atoms with Gasteiger partial charge in [-0.3, -0.25) is 0 Å². The van der Waals surface area contributed by atoms with Gasteiger partial charge >= 0.3 is 0 Å². The van der Waals surface area contributed by atoms with Crippen molar-refractivity contribution in [2.24, 2.45) is 0 Å². The maximum absolute atomic E-state index is 5.49. The molecule has 4 heteroatoms. The Balaban J connectivity index is 3.03. The topological polar surface area (TPSA) is 18.5 Å². The van der Waals surface area contributed by atoms with Gasteiger partial charge in [0.15, 0.2) is 11.5 Å². The van der Waals surface area contributed by atoms with E-state index in [1.54, 1.807) is 0 Å². The molecule has 0 aliphatic carbocycles. The van der Waals surface area contributed by atoms with E-state index in [9.17, 15) is 0 Å². The molecular formula is C10H12I2O2. The second kappa shape index (κ2) is 5.99. The molecule has 0 N–H and O–H groups in total. The quantitative estimate of drug-likeness (QED) is 0.695. The third kappa shape index (κ3) is 3.15. The average molecular weight is 418 g/mol. The van der Waals surface area contributed by atoms with E-state index in [1.165, 1.54) is 7.14 Å². The lowest BCUT2D eigenvalue weighted by Crippen LogP contribution is -1.99. The van der Waals surface area contributed by atoms with Crippen molar-refractivity contribution in [1.29, 1.82) is 0 Å². The lowest BCUT2D eigenvalue weighted by molar-refractivity contribution is 0.287. The van der Waals surface area contributed by atoms with E-state index in [1.807, 2.05) is 26.0 Å². The summed E-state index contributed by atoms with van der Waals surface area (Å²) < 4.78 is 13.4. The SMILES string of the molecule is CCOc1cc(I)c(I)cc1OCC. The van der Waals surface area contributed by atoms with Crippen molar-refractivity contribution >= 4 is 45.2 Å². The highest BCUT2D eigenvalue weighted by Gasteiger charge is 2.08. The lowest BCUT2D eigenvalue weighted by atomic mass is 10.3. The first-order valence-corrected chi connectivity index (χ1v) is 6.59. The summed E-state index contributed by atoms with van der Waals surface area (Å²) in [6.07, 6.45) is 0. The van der Waals surface area contributed by atoms with Gasteiger partial charge in [0, 0.05) is 7.14 Å². The molecule has 78 valence electrons. The van der Waals surface area contributed by atoms with Crippen LogP contribution in [0.3, 0.4) is 0 Å². The summed E-state index contributed by atoms with van der Waals surface area (Å²) in [5.41, 5.74) is 0. The highest BCUT2D eigenvalue weighted by Crippen LogP contribution is 2.32. The molecule has 0 bridgehead atoms. The second-order valence-corrected chi connectivity index (χ2v) is 4.90. The fourth-order valence-electron chi connectivity index (χ4n) is 1.05. The van der Waals surface area contributed by atoms with Gasteiger partial charge in [-0.05, 0) is 71.2 Å². The number of rotatable bonds is 4. The van der Waals surface area contributed by atoms with Crippen LogP contribution in [0.15, 0.2) is 12.1 Å². The molecule has 0 aliphatic heterocycles. The van der Waals surface area contributed by atoms with Gasteiger partial charge in [-0.15, -0.1) is 0 Å². The van der Waals surface area contributed by atoms with Crippen LogP contribution in [0.1, 0.15) is 13.8 Å². The Morgan fingerprint density at radius 1 is 0.929 bits per heavy atom. The standard InChI is InChI=1S/C10H12I2O2/c1-3-13-9-5-7(11)8(12)6-10(9)14-4-2/h5-6H,3-4H2,1-2H3. The van der Waals surface area contributed by atoms with Crippen molar-refractivity contribution in [3.8, 4) is 11.5 Å². The number of halogens is 2. The molecule has 0 unspecified atom stereocenters. The van der Waals surface area contributed by atoms with Crippen LogP contribution in [0.4, 0.5) is 0 Å². The van der Waals surface area contributed by atoms with Crippen molar-refractivity contribution in [3.05, 3.63) is 19.3 Å². The molecular weight excluding hydrogens is 406 g/mol. The molecule has 1 aromatic rings. The van der Waals surface area contributed by atoms with Crippen LogP contribution in [-0.2, 0) is 0 Å². The highest BCUT2D eigenvalue weighted by molar-refractivity contribution is 14.1. The van der Waals surface area contributed by atoms with E-state index >= 15 is 0 Å². The summed E-state index contributed by atoms with van der Waals surface area (Å²) >= 11 is 4.58. The van der Waals surface area contributed by atoms with Gasteiger partial charge in [-0.2, -0.15) is 0 Å². The van der Waals surface area contributed by atoms with E-state index in [2.05, 4.69) is 45.2 Å². The molecule has 0 saturated carbocycles. The fraction of sp³-hybridized carbons (Fsp3) is 0.400. The Labute approximate surface area is 112 Å². The zero-order valence-corrected chi connectivity index (χ0v) is 12.5. The zero-order valence-electron chi connectivity index (χ0n) is 8.14. The molecule has 1 aromatic carbocycles. The van der Waals surface area contributed by atoms with E-state index in [0.717, 1.165) is 11.5 Å². The van der Waals surface area contributed by atoms with Gasteiger partial charge in [0.05, 0.1) is 13.2 Å². The maximum Gasteiger partial charge on any atom is 0.162 e. The fourth-order valence-corrected chi connectivity index (χ4v) is 1.92. The first kappa shape index (κ1) is 12.4. The normalized spacial score (nSPS) is 10.0. The summed E-state index contributed by atoms with van der Waals surface area (Å²) in [4.78, 5) is 0. The van der Waals surface area contributed by atoms with Crippen LogP contribution in [-0.4, -0.2) is 13.2 Å². The van der Waals surface area contributed by atoms with Crippen molar-refractivity contribution in [2.45, 2.75) is 13.8 Å². The number of ether oxygens (including phenoxy) is 2. The monoisotopic (exact) mass is 418 g/mol. The van der Waals surface area contributed by atoms with Crippen LogP contribution in [0.5, 0.6) is 11.5 Å². The van der Waals surface area contributed by atoms with Crippen LogP contribution in [0.2, 0.25) is 0 Å². The first-order valence-electron chi connectivity index (χ1n) is 4.43. The smallest absolute Gasteiger partial charge is 0.162 e. The number of hydrogen-bond acceptors (Lipinski definition) is 2. The van der Waals surface area contributed by atoms with Gasteiger partial charge in [0.25, 0.3) is 0 Å². The molecule has 0 aliphatic rings. The van der Waals surface area contributed by atoms with Crippen LogP contribution < -0.4 is 9.47 Å². The average Bonchev–Trinajstić information content (AvgIpc) is 2.14. The molecule has 0 amide bonds. The molecule has 0 saturated heterocycles. The van der Waals surface area contributed by atoms with E-state index < -0.39 is 0 Å². The highest BCUT2D eigenvalue weighted by atomic mass is 127. The Hall–Kier alpha value is 0.280. The summed E-state index contributed by atoms with van der Waals surface area (Å²) in [5, 5.41) is 0. The third-order valence-corrected chi connectivity index (χ3v) is 4.40. The van der Waals surface area contributed by atoms with Crippen molar-refractivity contribution in [3.63, 3.8) is 0 Å². The predicted molar refractivity (Wildman–Crippen MR) is 74.2 cm³/mol. The Morgan fingerprint density at radius 3 is 1.57 bits per heavy atom. The Kier molecular flexibility index (Phi) is 5.29. The summed E-state index contributed by atoms with van der Waals surface area (Å²) in [7, 11) is 0. The number of hydrogen-bond donors (Lipinski definition) is 0. The first-order chi connectivity index (χ1) is 6.69. The predicted octanol–water partition coefficient (Wildman–Crippen LogP) is 3.69. The Bertz CT molecular complexity index is 282.